The summed E-state index contributed by atoms with van der Waals surface area (Å²) >= 11 is 0. The first-order chi connectivity index (χ1) is 11.4. The van der Waals surface area contributed by atoms with Crippen molar-refractivity contribution in [2.45, 2.75) is 31.6 Å². The minimum atomic E-state index is -3.60. The highest BCUT2D eigenvalue weighted by atomic mass is 32.2. The van der Waals surface area contributed by atoms with Crippen molar-refractivity contribution in [3.05, 3.63) is 18.2 Å². The molecule has 1 aromatic rings. The van der Waals surface area contributed by atoms with Crippen molar-refractivity contribution in [2.24, 2.45) is 5.92 Å². The van der Waals surface area contributed by atoms with Gasteiger partial charge in [-0.05, 0) is 43.9 Å². The van der Waals surface area contributed by atoms with E-state index >= 15 is 0 Å². The fourth-order valence-electron chi connectivity index (χ4n) is 2.60. The SMILES string of the molecule is CCOC(=O)Nc1cc(S(=O)(=O)N2CCC(C)CC2)ccc1OC. The fraction of sp³-hybridized carbons (Fsp3) is 0.562. The number of ether oxygens (including phenoxy) is 2. The lowest BCUT2D eigenvalue weighted by Crippen LogP contribution is -2.37. The minimum Gasteiger partial charge on any atom is -0.495 e. The summed E-state index contributed by atoms with van der Waals surface area (Å²) in [6, 6.07) is 4.42. The monoisotopic (exact) mass is 356 g/mol. The third kappa shape index (κ3) is 4.18. The Morgan fingerprint density at radius 1 is 1.33 bits per heavy atom. The third-order valence-electron chi connectivity index (χ3n) is 4.06. The van der Waals surface area contributed by atoms with Crippen LogP contribution < -0.4 is 10.1 Å². The molecule has 0 saturated carbocycles. The molecule has 1 saturated heterocycles. The Balaban J connectivity index is 2.28. The van der Waals surface area contributed by atoms with Crippen molar-refractivity contribution in [3.8, 4) is 5.75 Å². The molecule has 8 heteroatoms. The van der Waals surface area contributed by atoms with Crippen LogP contribution in [0.15, 0.2) is 23.1 Å². The highest BCUT2D eigenvalue weighted by Gasteiger charge is 2.28. The Morgan fingerprint density at radius 2 is 2.00 bits per heavy atom. The summed E-state index contributed by atoms with van der Waals surface area (Å²) < 4.78 is 37.1. The summed E-state index contributed by atoms with van der Waals surface area (Å²) in [6.45, 7) is 5.05. The van der Waals surface area contributed by atoms with E-state index in [9.17, 15) is 13.2 Å². The van der Waals surface area contributed by atoms with Crippen molar-refractivity contribution in [1.82, 2.24) is 4.31 Å². The number of hydrogen-bond acceptors (Lipinski definition) is 5. The van der Waals surface area contributed by atoms with Crippen molar-refractivity contribution in [2.75, 3.05) is 32.1 Å². The van der Waals surface area contributed by atoms with Crippen molar-refractivity contribution >= 4 is 21.8 Å². The molecule has 0 aromatic heterocycles. The number of rotatable bonds is 5. The lowest BCUT2D eigenvalue weighted by molar-refractivity contribution is 0.168. The quantitative estimate of drug-likeness (QED) is 0.877. The molecule has 1 N–H and O–H groups in total. The first kappa shape index (κ1) is 18.5. The maximum atomic E-state index is 12.8. The molecule has 0 unspecified atom stereocenters. The van der Waals surface area contributed by atoms with Gasteiger partial charge in [0.1, 0.15) is 5.75 Å². The Hall–Kier alpha value is -1.80. The Kier molecular flexibility index (Phi) is 6.06. The number of carbonyl (C=O) groups excluding carboxylic acids is 1. The Bertz CT molecular complexity index is 682. The molecule has 1 aliphatic rings. The van der Waals surface area contributed by atoms with Gasteiger partial charge in [-0.2, -0.15) is 4.31 Å². The zero-order valence-electron chi connectivity index (χ0n) is 14.2. The molecule has 0 spiro atoms. The molecule has 1 aliphatic heterocycles. The molecule has 0 radical (unpaired) electrons. The Morgan fingerprint density at radius 3 is 2.58 bits per heavy atom. The van der Waals surface area contributed by atoms with Crippen molar-refractivity contribution in [1.29, 1.82) is 0 Å². The van der Waals surface area contributed by atoms with Gasteiger partial charge >= 0.3 is 6.09 Å². The number of carbonyl (C=O) groups is 1. The van der Waals surface area contributed by atoms with Gasteiger partial charge in [-0.3, -0.25) is 5.32 Å². The number of benzene rings is 1. The molecule has 1 amide bonds. The van der Waals surface area contributed by atoms with E-state index in [1.54, 1.807) is 6.92 Å². The van der Waals surface area contributed by atoms with Gasteiger partial charge < -0.3 is 9.47 Å². The molecular weight excluding hydrogens is 332 g/mol. The summed E-state index contributed by atoms with van der Waals surface area (Å²) in [6.07, 6.45) is 1.05. The summed E-state index contributed by atoms with van der Waals surface area (Å²) in [5.74, 6) is 0.905. The van der Waals surface area contributed by atoms with E-state index in [1.807, 2.05) is 0 Å². The third-order valence-corrected chi connectivity index (χ3v) is 5.96. The molecule has 1 fully saturated rings. The van der Waals surface area contributed by atoms with Crippen LogP contribution in [0.25, 0.3) is 0 Å². The Labute approximate surface area is 143 Å². The predicted octanol–water partition coefficient (Wildman–Crippen LogP) is 2.68. The first-order valence-corrected chi connectivity index (χ1v) is 9.44. The number of methoxy groups -OCH3 is 1. The van der Waals surface area contributed by atoms with E-state index < -0.39 is 16.1 Å². The lowest BCUT2D eigenvalue weighted by Gasteiger charge is -2.29. The summed E-state index contributed by atoms with van der Waals surface area (Å²) in [5.41, 5.74) is 0.266. The second kappa shape index (κ2) is 7.85. The van der Waals surface area contributed by atoms with Crippen LogP contribution in [0.2, 0.25) is 0 Å². The number of sulfonamides is 1. The predicted molar refractivity (Wildman–Crippen MR) is 90.8 cm³/mol. The summed E-state index contributed by atoms with van der Waals surface area (Å²) in [7, 11) is -2.15. The lowest BCUT2D eigenvalue weighted by atomic mass is 10.0. The summed E-state index contributed by atoms with van der Waals surface area (Å²) in [4.78, 5) is 11.8. The van der Waals surface area contributed by atoms with Crippen LogP contribution in [0.1, 0.15) is 26.7 Å². The highest BCUT2D eigenvalue weighted by Crippen LogP contribution is 2.30. The van der Waals surface area contributed by atoms with Gasteiger partial charge in [0.05, 0.1) is 24.3 Å². The van der Waals surface area contributed by atoms with Gasteiger partial charge in [0.15, 0.2) is 0 Å². The molecule has 24 heavy (non-hydrogen) atoms. The molecular formula is C16H24N2O5S. The van der Waals surface area contributed by atoms with Gasteiger partial charge in [-0.25, -0.2) is 13.2 Å². The second-order valence-electron chi connectivity index (χ2n) is 5.79. The average Bonchev–Trinajstić information content (AvgIpc) is 2.55. The summed E-state index contributed by atoms with van der Waals surface area (Å²) in [5, 5.41) is 2.52. The van der Waals surface area contributed by atoms with Crippen molar-refractivity contribution < 1.29 is 22.7 Å². The smallest absolute Gasteiger partial charge is 0.411 e. The van der Waals surface area contributed by atoms with Crippen LogP contribution in [-0.2, 0) is 14.8 Å². The van der Waals surface area contributed by atoms with Gasteiger partial charge in [0, 0.05) is 13.1 Å². The molecule has 0 bridgehead atoms. The number of amides is 1. The van der Waals surface area contributed by atoms with Crippen LogP contribution in [0.3, 0.4) is 0 Å². The standard InChI is InChI=1S/C16H24N2O5S/c1-4-23-16(19)17-14-11-13(5-6-15(14)22-3)24(20,21)18-9-7-12(2)8-10-18/h5-6,11-12H,4,7-10H2,1-3H3,(H,17,19). The van der Waals surface area contributed by atoms with E-state index in [4.69, 9.17) is 9.47 Å². The van der Waals surface area contributed by atoms with Crippen LogP contribution in [0.4, 0.5) is 10.5 Å². The largest absolute Gasteiger partial charge is 0.495 e. The van der Waals surface area contributed by atoms with E-state index in [2.05, 4.69) is 12.2 Å². The normalized spacial score (nSPS) is 16.6. The molecule has 2 rings (SSSR count). The van der Waals surface area contributed by atoms with Gasteiger partial charge in [0.2, 0.25) is 10.0 Å². The number of anilines is 1. The maximum absolute atomic E-state index is 12.8. The molecule has 0 atom stereocenters. The zero-order valence-corrected chi connectivity index (χ0v) is 15.1. The van der Waals surface area contributed by atoms with Gasteiger partial charge in [-0.1, -0.05) is 6.92 Å². The highest BCUT2D eigenvalue weighted by molar-refractivity contribution is 7.89. The molecule has 1 aromatic carbocycles. The van der Waals surface area contributed by atoms with Gasteiger partial charge in [0.25, 0.3) is 0 Å². The van der Waals surface area contributed by atoms with E-state index in [-0.39, 0.29) is 17.2 Å². The fourth-order valence-corrected chi connectivity index (χ4v) is 4.09. The number of nitrogens with zero attached hydrogens (tertiary/aromatic N) is 1. The molecule has 1 heterocycles. The van der Waals surface area contributed by atoms with Gasteiger partial charge in [-0.15, -0.1) is 0 Å². The van der Waals surface area contributed by atoms with Crippen molar-refractivity contribution in [3.63, 3.8) is 0 Å². The molecule has 0 aliphatic carbocycles. The second-order valence-corrected chi connectivity index (χ2v) is 7.73. The van der Waals surface area contributed by atoms with Crippen LogP contribution in [0.5, 0.6) is 5.75 Å². The maximum Gasteiger partial charge on any atom is 0.411 e. The number of nitrogens with one attached hydrogen (secondary N) is 1. The first-order valence-electron chi connectivity index (χ1n) is 8.00. The van der Waals surface area contributed by atoms with Crippen LogP contribution in [0, 0.1) is 5.92 Å². The average molecular weight is 356 g/mol. The number of piperidine rings is 1. The van der Waals surface area contributed by atoms with Crippen LogP contribution >= 0.6 is 0 Å². The van der Waals surface area contributed by atoms with E-state index in [1.165, 1.54) is 29.6 Å². The van der Waals surface area contributed by atoms with E-state index in [0.717, 1.165) is 12.8 Å². The molecule has 7 nitrogen and oxygen atoms in total. The number of hydrogen-bond donors (Lipinski definition) is 1. The zero-order chi connectivity index (χ0) is 17.7. The van der Waals surface area contributed by atoms with Crippen LogP contribution in [-0.4, -0.2) is 45.6 Å². The van der Waals surface area contributed by atoms with E-state index in [0.29, 0.717) is 24.8 Å². The minimum absolute atomic E-state index is 0.129. The molecule has 134 valence electrons. The topological polar surface area (TPSA) is 84.9 Å².